The lowest BCUT2D eigenvalue weighted by Gasteiger charge is -2.02. The van der Waals surface area contributed by atoms with Crippen molar-refractivity contribution < 1.29 is 8.42 Å². The van der Waals surface area contributed by atoms with Crippen LogP contribution in [-0.4, -0.2) is 19.9 Å². The SMILES string of the molecule is CCNS(=O)(=O)c1c[nH]c2c(Br)cccc12. The fourth-order valence-electron chi connectivity index (χ4n) is 1.58. The molecule has 0 atom stereocenters. The van der Waals surface area contributed by atoms with Crippen molar-refractivity contribution in [1.82, 2.24) is 9.71 Å². The van der Waals surface area contributed by atoms with E-state index in [1.807, 2.05) is 12.1 Å². The highest BCUT2D eigenvalue weighted by Gasteiger charge is 2.18. The fraction of sp³-hybridized carbons (Fsp3) is 0.200. The molecule has 4 nitrogen and oxygen atoms in total. The Kier molecular flexibility index (Phi) is 3.05. The zero-order valence-corrected chi connectivity index (χ0v) is 11.0. The number of hydrogen-bond donors (Lipinski definition) is 2. The van der Waals surface area contributed by atoms with Crippen molar-refractivity contribution in [2.24, 2.45) is 0 Å². The highest BCUT2D eigenvalue weighted by molar-refractivity contribution is 9.10. The van der Waals surface area contributed by atoms with Crippen LogP contribution in [0.3, 0.4) is 0 Å². The molecule has 0 saturated heterocycles. The lowest BCUT2D eigenvalue weighted by atomic mass is 10.2. The normalized spacial score (nSPS) is 12.1. The molecular formula is C10H11BrN2O2S. The van der Waals surface area contributed by atoms with Gasteiger partial charge in [-0.25, -0.2) is 13.1 Å². The standard InChI is InChI=1S/C10H11BrN2O2S/c1-2-13-16(14,15)9-6-12-10-7(9)4-3-5-8(10)11/h3-6,12-13H,2H2,1H3. The molecule has 0 aliphatic rings. The molecule has 0 spiro atoms. The molecule has 0 aliphatic carbocycles. The maximum Gasteiger partial charge on any atom is 0.242 e. The van der Waals surface area contributed by atoms with Crippen molar-refractivity contribution in [3.05, 3.63) is 28.9 Å². The van der Waals surface area contributed by atoms with E-state index in [0.717, 1.165) is 9.99 Å². The molecule has 0 radical (unpaired) electrons. The smallest absolute Gasteiger partial charge is 0.242 e. The van der Waals surface area contributed by atoms with Gasteiger partial charge in [-0.15, -0.1) is 0 Å². The predicted octanol–water partition coefficient (Wildman–Crippen LogP) is 2.23. The van der Waals surface area contributed by atoms with E-state index in [-0.39, 0.29) is 4.90 Å². The van der Waals surface area contributed by atoms with Crippen molar-refractivity contribution in [2.45, 2.75) is 11.8 Å². The molecule has 0 bridgehead atoms. The number of benzene rings is 1. The molecule has 2 aromatic rings. The van der Waals surface area contributed by atoms with E-state index in [1.54, 1.807) is 13.0 Å². The van der Waals surface area contributed by atoms with Gasteiger partial charge in [0.2, 0.25) is 10.0 Å². The number of H-pyrrole nitrogens is 1. The summed E-state index contributed by atoms with van der Waals surface area (Å²) in [7, 11) is -3.41. The molecule has 1 aromatic heterocycles. The van der Waals surface area contributed by atoms with Crippen molar-refractivity contribution in [3.63, 3.8) is 0 Å². The Morgan fingerprint density at radius 3 is 2.88 bits per heavy atom. The molecule has 16 heavy (non-hydrogen) atoms. The van der Waals surface area contributed by atoms with Gasteiger partial charge in [0.05, 0.1) is 5.52 Å². The summed E-state index contributed by atoms with van der Waals surface area (Å²) in [6.45, 7) is 2.13. The molecule has 0 amide bonds. The van der Waals surface area contributed by atoms with E-state index in [4.69, 9.17) is 0 Å². The minimum Gasteiger partial charge on any atom is -0.359 e. The van der Waals surface area contributed by atoms with Crippen molar-refractivity contribution in [1.29, 1.82) is 0 Å². The topological polar surface area (TPSA) is 62.0 Å². The van der Waals surface area contributed by atoms with E-state index in [2.05, 4.69) is 25.6 Å². The van der Waals surface area contributed by atoms with E-state index in [0.29, 0.717) is 11.9 Å². The van der Waals surface area contributed by atoms with Crippen LogP contribution in [0.5, 0.6) is 0 Å². The maximum atomic E-state index is 11.9. The molecule has 0 aliphatic heterocycles. The first-order valence-corrected chi connectivity index (χ1v) is 7.09. The van der Waals surface area contributed by atoms with E-state index < -0.39 is 10.0 Å². The molecule has 0 fully saturated rings. The number of aromatic nitrogens is 1. The lowest BCUT2D eigenvalue weighted by molar-refractivity contribution is 0.585. The third-order valence-electron chi connectivity index (χ3n) is 2.25. The first-order valence-electron chi connectivity index (χ1n) is 4.81. The summed E-state index contributed by atoms with van der Waals surface area (Å²) < 4.78 is 27.1. The zero-order valence-electron chi connectivity index (χ0n) is 8.62. The molecule has 1 heterocycles. The first kappa shape index (κ1) is 11.6. The predicted molar refractivity (Wildman–Crippen MR) is 66.9 cm³/mol. The summed E-state index contributed by atoms with van der Waals surface area (Å²) >= 11 is 3.37. The highest BCUT2D eigenvalue weighted by Crippen LogP contribution is 2.27. The van der Waals surface area contributed by atoms with Gasteiger partial charge in [0.15, 0.2) is 0 Å². The van der Waals surface area contributed by atoms with Crippen LogP contribution in [0, 0.1) is 0 Å². The summed E-state index contributed by atoms with van der Waals surface area (Å²) in [6.07, 6.45) is 1.51. The van der Waals surface area contributed by atoms with Crippen LogP contribution in [0.2, 0.25) is 0 Å². The number of hydrogen-bond acceptors (Lipinski definition) is 2. The second-order valence-electron chi connectivity index (χ2n) is 3.32. The molecule has 2 rings (SSSR count). The number of nitrogens with one attached hydrogen (secondary N) is 2. The van der Waals surface area contributed by atoms with E-state index in [1.165, 1.54) is 6.20 Å². The van der Waals surface area contributed by atoms with Gasteiger partial charge in [0, 0.05) is 22.6 Å². The molecular weight excluding hydrogens is 292 g/mol. The van der Waals surface area contributed by atoms with Crippen LogP contribution in [0.15, 0.2) is 33.8 Å². The Morgan fingerprint density at radius 1 is 1.44 bits per heavy atom. The highest BCUT2D eigenvalue weighted by atomic mass is 79.9. The molecule has 1 aromatic carbocycles. The van der Waals surface area contributed by atoms with Gasteiger partial charge >= 0.3 is 0 Å². The third-order valence-corrected chi connectivity index (χ3v) is 4.50. The zero-order chi connectivity index (χ0) is 11.8. The molecule has 0 saturated carbocycles. The van der Waals surface area contributed by atoms with Crippen LogP contribution in [0.4, 0.5) is 0 Å². The van der Waals surface area contributed by atoms with Crippen LogP contribution < -0.4 is 4.72 Å². The minimum atomic E-state index is -3.41. The van der Waals surface area contributed by atoms with Gasteiger partial charge in [0.1, 0.15) is 4.90 Å². The molecule has 2 N–H and O–H groups in total. The minimum absolute atomic E-state index is 0.283. The summed E-state index contributed by atoms with van der Waals surface area (Å²) in [4.78, 5) is 3.24. The summed E-state index contributed by atoms with van der Waals surface area (Å²) in [6, 6.07) is 5.45. The van der Waals surface area contributed by atoms with Crippen LogP contribution in [0.25, 0.3) is 10.9 Å². The van der Waals surface area contributed by atoms with Gasteiger partial charge in [-0.2, -0.15) is 0 Å². The van der Waals surface area contributed by atoms with Crippen molar-refractivity contribution in [2.75, 3.05) is 6.54 Å². The first-order chi connectivity index (χ1) is 7.56. The van der Waals surface area contributed by atoms with Gasteiger partial charge in [0.25, 0.3) is 0 Å². The lowest BCUT2D eigenvalue weighted by Crippen LogP contribution is -2.22. The molecule has 6 heteroatoms. The second kappa shape index (κ2) is 4.20. The van der Waals surface area contributed by atoms with Gasteiger partial charge < -0.3 is 4.98 Å². The molecule has 86 valence electrons. The fourth-order valence-corrected chi connectivity index (χ4v) is 3.27. The number of rotatable bonds is 3. The second-order valence-corrected chi connectivity index (χ2v) is 5.91. The van der Waals surface area contributed by atoms with E-state index in [9.17, 15) is 8.42 Å². The van der Waals surface area contributed by atoms with Gasteiger partial charge in [-0.3, -0.25) is 0 Å². The largest absolute Gasteiger partial charge is 0.359 e. The van der Waals surface area contributed by atoms with Crippen molar-refractivity contribution >= 4 is 36.9 Å². The van der Waals surface area contributed by atoms with Crippen LogP contribution in [-0.2, 0) is 10.0 Å². The van der Waals surface area contributed by atoms with E-state index >= 15 is 0 Å². The van der Waals surface area contributed by atoms with Crippen molar-refractivity contribution in [3.8, 4) is 0 Å². The number of fused-ring (bicyclic) bond motifs is 1. The quantitative estimate of drug-likeness (QED) is 0.913. The Morgan fingerprint density at radius 2 is 2.19 bits per heavy atom. The van der Waals surface area contributed by atoms with Crippen LogP contribution in [0.1, 0.15) is 6.92 Å². The average Bonchev–Trinajstić information content (AvgIpc) is 2.63. The Hall–Kier alpha value is -0.850. The number of para-hydroxylation sites is 1. The molecule has 0 unspecified atom stereocenters. The summed E-state index contributed by atoms with van der Waals surface area (Å²) in [5.74, 6) is 0. The summed E-state index contributed by atoms with van der Waals surface area (Å²) in [5, 5.41) is 0.690. The monoisotopic (exact) mass is 302 g/mol. The third kappa shape index (κ3) is 1.88. The Labute approximate surface area is 102 Å². The number of sulfonamides is 1. The summed E-state index contributed by atoms with van der Waals surface area (Å²) in [5.41, 5.74) is 0.791. The van der Waals surface area contributed by atoms with Crippen LogP contribution >= 0.6 is 15.9 Å². The number of halogens is 1. The van der Waals surface area contributed by atoms with Gasteiger partial charge in [-0.05, 0) is 22.0 Å². The maximum absolute atomic E-state index is 11.9. The van der Waals surface area contributed by atoms with Gasteiger partial charge in [-0.1, -0.05) is 19.1 Å². The average molecular weight is 303 g/mol. The number of aromatic amines is 1. The Bertz CT molecular complexity index is 619. The Balaban J connectivity index is 2.68.